The number of thiophene rings is 1. The number of carboxylic acids is 1. The first-order chi connectivity index (χ1) is 8.63. The van der Waals surface area contributed by atoms with E-state index in [1.165, 1.54) is 17.6 Å². The van der Waals surface area contributed by atoms with E-state index in [1.807, 2.05) is 0 Å². The first-order valence-electron chi connectivity index (χ1n) is 5.60. The Balaban J connectivity index is 2.62. The highest BCUT2D eigenvalue weighted by atomic mass is 32.2. The fourth-order valence-electron chi connectivity index (χ4n) is 1.74. The molecule has 1 N–H and O–H groups in total. The minimum absolute atomic E-state index is 0.254. The van der Waals surface area contributed by atoms with E-state index in [0.29, 0.717) is 5.56 Å². The van der Waals surface area contributed by atoms with Crippen molar-refractivity contribution in [1.82, 2.24) is 0 Å². The van der Waals surface area contributed by atoms with E-state index in [1.54, 1.807) is 38.1 Å². The first-order valence-corrected chi connectivity index (χ1v) is 8.30. The van der Waals surface area contributed by atoms with Crippen LogP contribution in [0.25, 0.3) is 10.1 Å². The molecule has 4 nitrogen and oxygen atoms in total. The second-order valence-corrected chi connectivity index (χ2v) is 8.60. The van der Waals surface area contributed by atoms with Gasteiger partial charge in [0, 0.05) is 11.0 Å². The summed E-state index contributed by atoms with van der Waals surface area (Å²) in [7, 11) is -3.25. The summed E-state index contributed by atoms with van der Waals surface area (Å²) in [6.07, 6.45) is 1.20. The second kappa shape index (κ2) is 4.31. The Kier molecular flexibility index (Phi) is 3.18. The highest BCUT2D eigenvalue weighted by molar-refractivity contribution is 7.91. The third-order valence-corrected chi connectivity index (χ3v) is 6.54. The fraction of sp³-hybridized carbons (Fsp3) is 0.308. The van der Waals surface area contributed by atoms with Gasteiger partial charge in [0.15, 0.2) is 9.84 Å². The SMILES string of the molecule is CC(C)(c1ccc2sc(C(=O)O)cc2c1)S(C)(=O)=O. The monoisotopic (exact) mass is 298 g/mol. The molecule has 2 aromatic rings. The van der Waals surface area contributed by atoms with Crippen LogP contribution in [-0.4, -0.2) is 25.7 Å². The predicted octanol–water partition coefficient (Wildman–Crippen LogP) is 2.88. The lowest BCUT2D eigenvalue weighted by Gasteiger charge is -2.23. The van der Waals surface area contributed by atoms with Gasteiger partial charge in [-0.15, -0.1) is 11.3 Å². The topological polar surface area (TPSA) is 71.4 Å². The molecule has 0 bridgehead atoms. The van der Waals surface area contributed by atoms with Crippen LogP contribution in [-0.2, 0) is 14.6 Å². The second-order valence-electron chi connectivity index (χ2n) is 4.95. The number of carboxylic acid groups (broad SMARTS) is 1. The predicted molar refractivity (Wildman–Crippen MR) is 76.7 cm³/mol. The normalized spacial score (nSPS) is 12.8. The van der Waals surface area contributed by atoms with Gasteiger partial charge in [0.1, 0.15) is 4.88 Å². The summed E-state index contributed by atoms with van der Waals surface area (Å²) in [5, 5.41) is 9.72. The molecule has 0 aliphatic carbocycles. The van der Waals surface area contributed by atoms with Crippen molar-refractivity contribution in [3.8, 4) is 0 Å². The minimum atomic E-state index is -3.25. The summed E-state index contributed by atoms with van der Waals surface area (Å²) >= 11 is 1.18. The van der Waals surface area contributed by atoms with Gasteiger partial charge in [0.05, 0.1) is 4.75 Å². The summed E-state index contributed by atoms with van der Waals surface area (Å²) in [6.45, 7) is 3.29. The zero-order chi connectivity index (χ0) is 14.4. The van der Waals surface area contributed by atoms with Gasteiger partial charge in [0.2, 0.25) is 0 Å². The Hall–Kier alpha value is -1.40. The average Bonchev–Trinajstić information content (AvgIpc) is 2.69. The summed E-state index contributed by atoms with van der Waals surface area (Å²) in [5.41, 5.74) is 0.664. The largest absolute Gasteiger partial charge is 0.477 e. The van der Waals surface area contributed by atoms with Crippen LogP contribution in [0.2, 0.25) is 0 Å². The molecule has 0 spiro atoms. The van der Waals surface area contributed by atoms with Gasteiger partial charge >= 0.3 is 5.97 Å². The number of hydrogen-bond donors (Lipinski definition) is 1. The summed E-state index contributed by atoms with van der Waals surface area (Å²) in [6, 6.07) is 6.84. The number of aromatic carboxylic acids is 1. The van der Waals surface area contributed by atoms with Crippen molar-refractivity contribution >= 4 is 37.2 Å². The van der Waals surface area contributed by atoms with Crippen molar-refractivity contribution in [2.45, 2.75) is 18.6 Å². The van der Waals surface area contributed by atoms with Crippen molar-refractivity contribution in [2.75, 3.05) is 6.26 Å². The van der Waals surface area contributed by atoms with Crippen LogP contribution in [0.15, 0.2) is 24.3 Å². The van der Waals surface area contributed by atoms with E-state index in [2.05, 4.69) is 0 Å². The molecular weight excluding hydrogens is 284 g/mol. The van der Waals surface area contributed by atoms with Crippen LogP contribution in [0.5, 0.6) is 0 Å². The van der Waals surface area contributed by atoms with Crippen LogP contribution in [0.4, 0.5) is 0 Å². The van der Waals surface area contributed by atoms with Gasteiger partial charge in [0.25, 0.3) is 0 Å². The van der Waals surface area contributed by atoms with E-state index in [4.69, 9.17) is 5.11 Å². The summed E-state index contributed by atoms with van der Waals surface area (Å²) in [4.78, 5) is 11.2. The van der Waals surface area contributed by atoms with Crippen LogP contribution in [0.1, 0.15) is 29.1 Å². The molecule has 0 aliphatic heterocycles. The molecule has 0 radical (unpaired) electrons. The zero-order valence-corrected chi connectivity index (χ0v) is 12.4. The fourth-order valence-corrected chi connectivity index (χ4v) is 3.17. The number of hydrogen-bond acceptors (Lipinski definition) is 4. The Morgan fingerprint density at radius 2 is 1.89 bits per heavy atom. The number of fused-ring (bicyclic) bond motifs is 1. The smallest absolute Gasteiger partial charge is 0.345 e. The van der Waals surface area contributed by atoms with E-state index in [9.17, 15) is 13.2 Å². The molecule has 102 valence electrons. The lowest BCUT2D eigenvalue weighted by molar-refractivity contribution is 0.0702. The van der Waals surface area contributed by atoms with Gasteiger partial charge in [-0.3, -0.25) is 0 Å². The summed E-state index contributed by atoms with van der Waals surface area (Å²) < 4.78 is 23.5. The van der Waals surface area contributed by atoms with Gasteiger partial charge in [-0.05, 0) is 43.0 Å². The van der Waals surface area contributed by atoms with E-state index in [-0.39, 0.29) is 4.88 Å². The van der Waals surface area contributed by atoms with Gasteiger partial charge in [-0.2, -0.15) is 0 Å². The molecular formula is C13H14O4S2. The van der Waals surface area contributed by atoms with Crippen LogP contribution in [0.3, 0.4) is 0 Å². The molecule has 2 rings (SSSR count). The highest BCUT2D eigenvalue weighted by Crippen LogP contribution is 2.33. The maximum Gasteiger partial charge on any atom is 0.345 e. The van der Waals surface area contributed by atoms with Crippen LogP contribution < -0.4 is 0 Å². The van der Waals surface area contributed by atoms with Crippen molar-refractivity contribution < 1.29 is 18.3 Å². The van der Waals surface area contributed by atoms with Gasteiger partial charge in [-0.25, -0.2) is 13.2 Å². The Morgan fingerprint density at radius 3 is 2.42 bits per heavy atom. The first kappa shape index (κ1) is 14.0. The Morgan fingerprint density at radius 1 is 1.26 bits per heavy atom. The van der Waals surface area contributed by atoms with Gasteiger partial charge in [-0.1, -0.05) is 6.07 Å². The number of benzene rings is 1. The maximum absolute atomic E-state index is 11.8. The molecule has 0 aliphatic rings. The molecule has 0 atom stereocenters. The maximum atomic E-state index is 11.8. The molecule has 6 heteroatoms. The van der Waals surface area contributed by atoms with Gasteiger partial charge < -0.3 is 5.11 Å². The number of carbonyl (C=O) groups is 1. The van der Waals surface area contributed by atoms with Crippen molar-refractivity contribution in [1.29, 1.82) is 0 Å². The average molecular weight is 298 g/mol. The highest BCUT2D eigenvalue weighted by Gasteiger charge is 2.32. The van der Waals surface area contributed by atoms with E-state index >= 15 is 0 Å². The lowest BCUT2D eigenvalue weighted by Crippen LogP contribution is -2.27. The van der Waals surface area contributed by atoms with Crippen LogP contribution in [0, 0.1) is 0 Å². The molecule has 0 unspecified atom stereocenters. The minimum Gasteiger partial charge on any atom is -0.477 e. The van der Waals surface area contributed by atoms with Crippen molar-refractivity contribution in [2.24, 2.45) is 0 Å². The van der Waals surface area contributed by atoms with E-state index < -0.39 is 20.6 Å². The lowest BCUT2D eigenvalue weighted by atomic mass is 10.0. The zero-order valence-electron chi connectivity index (χ0n) is 10.8. The molecule has 0 saturated carbocycles. The third kappa shape index (κ3) is 2.37. The van der Waals surface area contributed by atoms with E-state index in [0.717, 1.165) is 10.1 Å². The number of sulfone groups is 1. The molecule has 0 saturated heterocycles. The Labute approximate surface area is 115 Å². The third-order valence-electron chi connectivity index (χ3n) is 3.35. The number of rotatable bonds is 3. The molecule has 19 heavy (non-hydrogen) atoms. The Bertz CT molecular complexity index is 754. The standard InChI is InChI=1S/C13H14O4S2/c1-13(2,19(3,16)17)9-4-5-10-8(6-9)7-11(18-10)12(14)15/h4-7H,1-3H3,(H,14,15). The molecule has 1 aromatic heterocycles. The van der Waals surface area contributed by atoms with Crippen LogP contribution >= 0.6 is 11.3 Å². The quantitative estimate of drug-likeness (QED) is 0.945. The van der Waals surface area contributed by atoms with Crippen molar-refractivity contribution in [3.05, 3.63) is 34.7 Å². The van der Waals surface area contributed by atoms with Crippen molar-refractivity contribution in [3.63, 3.8) is 0 Å². The molecule has 1 heterocycles. The molecule has 0 amide bonds. The summed E-state index contributed by atoms with van der Waals surface area (Å²) in [5.74, 6) is -0.967. The molecule has 0 fully saturated rings. The molecule has 1 aromatic carbocycles.